The Balaban J connectivity index is 1.28. The van der Waals surface area contributed by atoms with Crippen molar-refractivity contribution < 1.29 is 4.42 Å². The lowest BCUT2D eigenvalue weighted by Gasteiger charge is -2.11. The summed E-state index contributed by atoms with van der Waals surface area (Å²) in [5.41, 5.74) is 13.7. The van der Waals surface area contributed by atoms with Crippen LogP contribution >= 0.6 is 0 Å². The normalized spacial score (nSPS) is 14.5. The highest BCUT2D eigenvalue weighted by atomic mass is 16.3. The predicted octanol–water partition coefficient (Wildman–Crippen LogP) is 9.30. The molecule has 2 aliphatic rings. The first kappa shape index (κ1) is 26.6. The summed E-state index contributed by atoms with van der Waals surface area (Å²) in [5, 5.41) is 12.7. The van der Waals surface area contributed by atoms with Crippen molar-refractivity contribution in [2.75, 3.05) is 0 Å². The van der Waals surface area contributed by atoms with E-state index in [2.05, 4.69) is 119 Å². The summed E-state index contributed by atoms with van der Waals surface area (Å²) in [5.74, 6) is 0.581. The third-order valence-electron chi connectivity index (χ3n) is 9.79. The van der Waals surface area contributed by atoms with Crippen molar-refractivity contribution in [1.29, 1.82) is 0 Å². The summed E-state index contributed by atoms with van der Waals surface area (Å²) in [6.07, 6.45) is 6.53. The lowest BCUT2D eigenvalue weighted by Crippen LogP contribution is -2.01. The molecule has 7 aromatic rings. The minimum Gasteiger partial charge on any atom is -0.455 e. The van der Waals surface area contributed by atoms with E-state index in [0.717, 1.165) is 77.9 Å². The Labute approximate surface area is 262 Å². The summed E-state index contributed by atoms with van der Waals surface area (Å²) in [4.78, 5) is 0. The van der Waals surface area contributed by atoms with E-state index in [9.17, 15) is 0 Å². The molecule has 0 bridgehead atoms. The Morgan fingerprint density at radius 1 is 0.644 bits per heavy atom. The van der Waals surface area contributed by atoms with Gasteiger partial charge in [0.15, 0.2) is 0 Å². The highest BCUT2D eigenvalue weighted by Gasteiger charge is 2.29. The van der Waals surface area contributed by atoms with Crippen molar-refractivity contribution in [1.82, 2.24) is 28.7 Å². The van der Waals surface area contributed by atoms with Gasteiger partial charge in [0.2, 0.25) is 0 Å². The molecule has 0 aliphatic carbocycles. The van der Waals surface area contributed by atoms with Crippen LogP contribution in [0.25, 0.3) is 67.0 Å². The zero-order valence-corrected chi connectivity index (χ0v) is 26.4. The molecule has 0 unspecified atom stereocenters. The maximum absolute atomic E-state index is 6.79. The van der Waals surface area contributed by atoms with Crippen molar-refractivity contribution in [3.05, 3.63) is 84.4 Å². The molecule has 45 heavy (non-hydrogen) atoms. The fourth-order valence-electron chi connectivity index (χ4n) is 7.74. The van der Waals surface area contributed by atoms with Gasteiger partial charge in [-0.25, -0.2) is 0 Å². The van der Waals surface area contributed by atoms with E-state index in [0.29, 0.717) is 5.92 Å². The fraction of sp³-hybridized carbons (Fsp3) is 0.316. The molecule has 0 radical (unpaired) electrons. The lowest BCUT2D eigenvalue weighted by atomic mass is 9.93. The molecule has 2 aliphatic heterocycles. The number of hydrogen-bond donors (Lipinski definition) is 0. The summed E-state index contributed by atoms with van der Waals surface area (Å²) in [6, 6.07) is 22.1. The number of benzene rings is 2. The summed E-state index contributed by atoms with van der Waals surface area (Å²) < 4.78 is 16.0. The van der Waals surface area contributed by atoms with Gasteiger partial charge < -0.3 is 13.6 Å². The molecule has 9 rings (SSSR count). The SMILES string of the molecule is CC(C)c1nn2c(c1-c1ccc3oc4c(-c5c(C(C)C)nn6c5-c5cccn5CCC6)cccc4c3c1)-c1cccn1CCC2. The summed E-state index contributed by atoms with van der Waals surface area (Å²) in [6.45, 7) is 12.8. The van der Waals surface area contributed by atoms with Gasteiger partial charge in [-0.1, -0.05) is 52.0 Å². The van der Waals surface area contributed by atoms with Crippen molar-refractivity contribution in [2.24, 2.45) is 0 Å². The second kappa shape index (κ2) is 9.86. The van der Waals surface area contributed by atoms with Crippen LogP contribution in [0.2, 0.25) is 0 Å². The molecular weight excluding hydrogens is 556 g/mol. The Hall–Kier alpha value is -4.78. The number of furan rings is 1. The average molecular weight is 595 g/mol. The Morgan fingerprint density at radius 3 is 1.91 bits per heavy atom. The van der Waals surface area contributed by atoms with Crippen LogP contribution in [0.5, 0.6) is 0 Å². The monoisotopic (exact) mass is 594 g/mol. The molecule has 0 amide bonds. The van der Waals surface area contributed by atoms with E-state index in [-0.39, 0.29) is 5.92 Å². The van der Waals surface area contributed by atoms with E-state index in [1.165, 1.54) is 39.5 Å². The third kappa shape index (κ3) is 3.89. The minimum absolute atomic E-state index is 0.278. The number of fused-ring (bicyclic) bond motifs is 9. The van der Waals surface area contributed by atoms with E-state index >= 15 is 0 Å². The van der Waals surface area contributed by atoms with E-state index in [1.54, 1.807) is 0 Å². The Morgan fingerprint density at radius 2 is 1.27 bits per heavy atom. The van der Waals surface area contributed by atoms with E-state index in [4.69, 9.17) is 14.6 Å². The van der Waals surface area contributed by atoms with Crippen LogP contribution in [-0.4, -0.2) is 28.7 Å². The highest BCUT2D eigenvalue weighted by Crippen LogP contribution is 2.46. The average Bonchev–Trinajstić information content (AvgIpc) is 3.84. The predicted molar refractivity (Wildman–Crippen MR) is 180 cm³/mol. The maximum atomic E-state index is 6.79. The van der Waals surface area contributed by atoms with Crippen LogP contribution in [0.3, 0.4) is 0 Å². The van der Waals surface area contributed by atoms with Gasteiger partial charge in [-0.2, -0.15) is 10.2 Å². The minimum atomic E-state index is 0.278. The Bertz CT molecular complexity index is 2250. The first-order valence-electron chi connectivity index (χ1n) is 16.5. The van der Waals surface area contributed by atoms with Crippen LogP contribution in [-0.2, 0) is 26.2 Å². The van der Waals surface area contributed by atoms with Gasteiger partial charge in [-0.05, 0) is 66.6 Å². The molecule has 226 valence electrons. The maximum Gasteiger partial charge on any atom is 0.143 e. The number of aryl methyl sites for hydroxylation is 4. The zero-order chi connectivity index (χ0) is 30.4. The quantitative estimate of drug-likeness (QED) is 0.204. The van der Waals surface area contributed by atoms with Crippen LogP contribution in [0.4, 0.5) is 0 Å². The Kier molecular flexibility index (Phi) is 5.83. The zero-order valence-electron chi connectivity index (χ0n) is 26.4. The van der Waals surface area contributed by atoms with Crippen LogP contribution < -0.4 is 0 Å². The second-order valence-electron chi connectivity index (χ2n) is 13.3. The summed E-state index contributed by atoms with van der Waals surface area (Å²) in [7, 11) is 0. The number of nitrogens with zero attached hydrogens (tertiary/aromatic N) is 6. The van der Waals surface area contributed by atoms with Gasteiger partial charge in [0.1, 0.15) is 11.2 Å². The van der Waals surface area contributed by atoms with Gasteiger partial charge in [0.25, 0.3) is 0 Å². The first-order valence-corrected chi connectivity index (χ1v) is 16.5. The summed E-state index contributed by atoms with van der Waals surface area (Å²) >= 11 is 0. The smallest absolute Gasteiger partial charge is 0.143 e. The standard InChI is InChI=1S/C38H38N6O/c1-23(2)34-32(36-29-12-6-16-41(29)18-8-20-43(36)39-34)25-14-15-31-28(22-25)26-10-5-11-27(38(26)45-31)33-35(24(3)4)40-44-21-9-19-42-17-7-13-30(42)37(33)44/h5-7,10-17,22-24H,8-9,18-21H2,1-4H3. The molecule has 5 aromatic heterocycles. The van der Waals surface area contributed by atoms with Crippen molar-refractivity contribution in [3.8, 4) is 45.0 Å². The van der Waals surface area contributed by atoms with Crippen molar-refractivity contribution in [2.45, 2.75) is 78.6 Å². The number of para-hydroxylation sites is 1. The number of aromatic nitrogens is 6. The van der Waals surface area contributed by atoms with Crippen LogP contribution in [0, 0.1) is 0 Å². The largest absolute Gasteiger partial charge is 0.455 e. The number of hydrogen-bond acceptors (Lipinski definition) is 3. The van der Waals surface area contributed by atoms with Gasteiger partial charge in [-0.3, -0.25) is 9.36 Å². The number of rotatable bonds is 4. The molecule has 0 spiro atoms. The molecule has 2 aromatic carbocycles. The molecule has 0 atom stereocenters. The molecule has 0 fully saturated rings. The molecule has 0 saturated heterocycles. The fourth-order valence-corrected chi connectivity index (χ4v) is 7.74. The molecule has 7 nitrogen and oxygen atoms in total. The molecule has 7 heteroatoms. The third-order valence-corrected chi connectivity index (χ3v) is 9.79. The van der Waals surface area contributed by atoms with Gasteiger partial charge in [-0.15, -0.1) is 0 Å². The van der Waals surface area contributed by atoms with Crippen LogP contribution in [0.1, 0.15) is 63.8 Å². The van der Waals surface area contributed by atoms with Crippen molar-refractivity contribution >= 4 is 21.9 Å². The second-order valence-corrected chi connectivity index (χ2v) is 13.3. The van der Waals surface area contributed by atoms with Gasteiger partial charge in [0, 0.05) is 66.0 Å². The molecular formula is C38H38N6O. The van der Waals surface area contributed by atoms with Gasteiger partial charge in [0.05, 0.1) is 34.2 Å². The van der Waals surface area contributed by atoms with Crippen molar-refractivity contribution in [3.63, 3.8) is 0 Å². The van der Waals surface area contributed by atoms with E-state index in [1.807, 2.05) is 0 Å². The lowest BCUT2D eigenvalue weighted by molar-refractivity contribution is 0.547. The topological polar surface area (TPSA) is 58.6 Å². The molecule has 0 saturated carbocycles. The van der Waals surface area contributed by atoms with E-state index < -0.39 is 0 Å². The van der Waals surface area contributed by atoms with Gasteiger partial charge >= 0.3 is 0 Å². The molecule has 0 N–H and O–H groups in total. The van der Waals surface area contributed by atoms with Crippen LogP contribution in [0.15, 0.2) is 77.5 Å². The molecule has 7 heterocycles. The first-order chi connectivity index (χ1) is 22.0. The highest BCUT2D eigenvalue weighted by molar-refractivity contribution is 6.12.